The maximum atomic E-state index is 12.9. The van der Waals surface area contributed by atoms with Gasteiger partial charge < -0.3 is 10.2 Å². The van der Waals surface area contributed by atoms with E-state index in [1.165, 1.54) is 30.1 Å². The molecule has 0 radical (unpaired) electrons. The highest BCUT2D eigenvalue weighted by Gasteiger charge is 2.33. The van der Waals surface area contributed by atoms with Crippen LogP contribution in [0.5, 0.6) is 0 Å². The van der Waals surface area contributed by atoms with E-state index in [0.29, 0.717) is 0 Å². The first-order valence-electron chi connectivity index (χ1n) is 6.70. The Morgan fingerprint density at radius 2 is 1.74 bits per heavy atom. The Kier molecular flexibility index (Phi) is 5.30. The molecule has 0 fully saturated rings. The number of carbonyl (C=O) groups excluding carboxylic acids is 1. The number of nitrogens with one attached hydrogen (secondary N) is 1. The number of hydrogen-bond donors (Lipinski definition) is 1. The van der Waals surface area contributed by atoms with Gasteiger partial charge in [-0.05, 0) is 29.8 Å². The molecule has 0 saturated heterocycles. The number of urea groups is 1. The molecule has 2 amide bonds. The summed E-state index contributed by atoms with van der Waals surface area (Å²) in [5, 5.41) is 2.31. The van der Waals surface area contributed by atoms with E-state index in [2.05, 4.69) is 21.2 Å². The van der Waals surface area contributed by atoms with Crippen molar-refractivity contribution in [1.29, 1.82) is 0 Å². The minimum absolute atomic E-state index is 0.257. The number of rotatable bonds is 3. The summed E-state index contributed by atoms with van der Waals surface area (Å²) in [7, 11) is 1.52. The highest BCUT2D eigenvalue weighted by Crippen LogP contribution is 2.34. The van der Waals surface area contributed by atoms with Crippen LogP contribution in [-0.2, 0) is 12.7 Å². The van der Waals surface area contributed by atoms with Gasteiger partial charge in [-0.3, -0.25) is 0 Å². The first-order valence-corrected chi connectivity index (χ1v) is 7.49. The van der Waals surface area contributed by atoms with Gasteiger partial charge in [0.2, 0.25) is 0 Å². The zero-order valence-electron chi connectivity index (χ0n) is 12.2. The van der Waals surface area contributed by atoms with Gasteiger partial charge in [-0.15, -0.1) is 0 Å². The second-order valence-electron chi connectivity index (χ2n) is 4.96. The molecule has 23 heavy (non-hydrogen) atoms. The fraction of sp³-hybridized carbons (Fsp3) is 0.188. The van der Waals surface area contributed by atoms with Gasteiger partial charge in [0.05, 0.1) is 11.3 Å². The molecule has 0 atom stereocenters. The Labute approximate surface area is 140 Å². The van der Waals surface area contributed by atoms with Crippen LogP contribution >= 0.6 is 15.9 Å². The van der Waals surface area contributed by atoms with Gasteiger partial charge in [0, 0.05) is 18.1 Å². The fourth-order valence-corrected chi connectivity index (χ4v) is 2.25. The maximum absolute atomic E-state index is 12.9. The van der Waals surface area contributed by atoms with Crippen LogP contribution in [0.3, 0.4) is 0 Å². The highest BCUT2D eigenvalue weighted by atomic mass is 79.9. The number of anilines is 1. The molecule has 0 heterocycles. The average molecular weight is 387 g/mol. The molecular weight excluding hydrogens is 373 g/mol. The van der Waals surface area contributed by atoms with Crippen LogP contribution in [0.25, 0.3) is 0 Å². The molecule has 122 valence electrons. The second kappa shape index (κ2) is 7.04. The fourth-order valence-electron chi connectivity index (χ4n) is 1.99. The van der Waals surface area contributed by atoms with Crippen molar-refractivity contribution >= 4 is 27.6 Å². The van der Waals surface area contributed by atoms with E-state index in [1.54, 1.807) is 0 Å². The van der Waals surface area contributed by atoms with Gasteiger partial charge in [0.1, 0.15) is 0 Å². The molecule has 0 unspecified atom stereocenters. The van der Waals surface area contributed by atoms with Gasteiger partial charge in [0.25, 0.3) is 0 Å². The van der Waals surface area contributed by atoms with Crippen molar-refractivity contribution in [3.63, 3.8) is 0 Å². The van der Waals surface area contributed by atoms with Crippen LogP contribution in [-0.4, -0.2) is 18.0 Å². The van der Waals surface area contributed by atoms with Crippen LogP contribution in [0.1, 0.15) is 11.1 Å². The Balaban J connectivity index is 2.08. The van der Waals surface area contributed by atoms with Crippen molar-refractivity contribution in [3.8, 4) is 0 Å². The molecule has 0 bridgehead atoms. The number of nitrogens with zero attached hydrogens (tertiary/aromatic N) is 1. The zero-order valence-corrected chi connectivity index (χ0v) is 13.8. The summed E-state index contributed by atoms with van der Waals surface area (Å²) < 4.78 is 39.7. The summed E-state index contributed by atoms with van der Waals surface area (Å²) in [5.74, 6) is 0. The summed E-state index contributed by atoms with van der Waals surface area (Å²) in [6, 6.07) is 11.6. The first kappa shape index (κ1) is 17.3. The van der Waals surface area contributed by atoms with Crippen LogP contribution < -0.4 is 5.32 Å². The molecule has 0 aromatic heterocycles. The number of alkyl halides is 3. The summed E-state index contributed by atoms with van der Waals surface area (Å²) in [5.41, 5.74) is -0.256. The maximum Gasteiger partial charge on any atom is 0.418 e. The number of para-hydroxylation sites is 1. The Morgan fingerprint density at radius 1 is 1.13 bits per heavy atom. The van der Waals surface area contributed by atoms with Crippen molar-refractivity contribution in [2.75, 3.05) is 12.4 Å². The van der Waals surface area contributed by atoms with Gasteiger partial charge in [0.15, 0.2) is 0 Å². The normalized spacial score (nSPS) is 11.2. The Morgan fingerprint density at radius 3 is 2.35 bits per heavy atom. The van der Waals surface area contributed by atoms with Crippen molar-refractivity contribution in [2.24, 2.45) is 0 Å². The van der Waals surface area contributed by atoms with Gasteiger partial charge in [-0.25, -0.2) is 4.79 Å². The van der Waals surface area contributed by atoms with Crippen LogP contribution in [0.2, 0.25) is 0 Å². The molecule has 0 aliphatic heterocycles. The molecule has 0 aliphatic carbocycles. The van der Waals surface area contributed by atoms with E-state index >= 15 is 0 Å². The van der Waals surface area contributed by atoms with E-state index in [4.69, 9.17) is 0 Å². The predicted octanol–water partition coefficient (Wildman–Crippen LogP) is 5.13. The molecule has 0 saturated carbocycles. The highest BCUT2D eigenvalue weighted by molar-refractivity contribution is 9.10. The molecular formula is C16H14BrF3N2O. The molecule has 1 N–H and O–H groups in total. The van der Waals surface area contributed by atoms with E-state index < -0.39 is 17.8 Å². The minimum Gasteiger partial charge on any atom is -0.323 e. The van der Waals surface area contributed by atoms with Crippen molar-refractivity contribution in [3.05, 3.63) is 64.1 Å². The summed E-state index contributed by atoms with van der Waals surface area (Å²) in [6.45, 7) is 0.285. The van der Waals surface area contributed by atoms with Crippen LogP contribution in [0.15, 0.2) is 53.0 Å². The van der Waals surface area contributed by atoms with E-state index in [0.717, 1.165) is 16.1 Å². The predicted molar refractivity (Wildman–Crippen MR) is 86.1 cm³/mol. The zero-order chi connectivity index (χ0) is 17.0. The molecule has 3 nitrogen and oxygen atoms in total. The van der Waals surface area contributed by atoms with Crippen LogP contribution in [0, 0.1) is 0 Å². The number of benzene rings is 2. The third-order valence-corrected chi connectivity index (χ3v) is 3.68. The average Bonchev–Trinajstić information content (AvgIpc) is 2.49. The quantitative estimate of drug-likeness (QED) is 0.778. The van der Waals surface area contributed by atoms with Gasteiger partial charge >= 0.3 is 12.2 Å². The molecule has 0 spiro atoms. The standard InChI is InChI=1S/C16H14BrF3N2O/c1-22(10-11-6-8-12(17)9-7-11)15(23)21-14-5-3-2-4-13(14)16(18,19)20/h2-9H,10H2,1H3,(H,21,23). The Hall–Kier alpha value is -2.02. The lowest BCUT2D eigenvalue weighted by atomic mass is 10.1. The van der Waals surface area contributed by atoms with Crippen molar-refractivity contribution in [1.82, 2.24) is 4.90 Å². The SMILES string of the molecule is CN(Cc1ccc(Br)cc1)C(=O)Nc1ccccc1C(F)(F)F. The van der Waals surface area contributed by atoms with E-state index in [-0.39, 0.29) is 12.2 Å². The Bertz CT molecular complexity index is 686. The summed E-state index contributed by atoms with van der Waals surface area (Å²) in [6.07, 6.45) is -4.52. The lowest BCUT2D eigenvalue weighted by Crippen LogP contribution is -2.31. The van der Waals surface area contributed by atoms with E-state index in [9.17, 15) is 18.0 Å². The molecule has 2 aromatic rings. The molecule has 2 rings (SSSR count). The number of halogens is 4. The van der Waals surface area contributed by atoms with Crippen molar-refractivity contribution < 1.29 is 18.0 Å². The number of hydrogen-bond acceptors (Lipinski definition) is 1. The largest absolute Gasteiger partial charge is 0.418 e. The van der Waals surface area contributed by atoms with Crippen molar-refractivity contribution in [2.45, 2.75) is 12.7 Å². The molecule has 2 aromatic carbocycles. The van der Waals surface area contributed by atoms with Gasteiger partial charge in [-0.1, -0.05) is 40.2 Å². The lowest BCUT2D eigenvalue weighted by Gasteiger charge is -2.20. The topological polar surface area (TPSA) is 32.3 Å². The van der Waals surface area contributed by atoms with Gasteiger partial charge in [-0.2, -0.15) is 13.2 Å². The summed E-state index contributed by atoms with van der Waals surface area (Å²) in [4.78, 5) is 13.4. The van der Waals surface area contributed by atoms with Crippen LogP contribution in [0.4, 0.5) is 23.7 Å². The monoisotopic (exact) mass is 386 g/mol. The summed E-state index contributed by atoms with van der Waals surface area (Å²) >= 11 is 3.31. The number of amides is 2. The first-order chi connectivity index (χ1) is 10.8. The minimum atomic E-state index is -4.52. The number of carbonyl (C=O) groups is 1. The lowest BCUT2D eigenvalue weighted by molar-refractivity contribution is -0.136. The van der Waals surface area contributed by atoms with E-state index in [1.807, 2.05) is 24.3 Å². The third-order valence-electron chi connectivity index (χ3n) is 3.15. The molecule has 7 heteroatoms. The molecule has 0 aliphatic rings. The third kappa shape index (κ3) is 4.72. The smallest absolute Gasteiger partial charge is 0.323 e. The second-order valence-corrected chi connectivity index (χ2v) is 5.87.